The first kappa shape index (κ1) is 20.5. The van der Waals surface area contributed by atoms with Crippen molar-refractivity contribution in [3.63, 3.8) is 0 Å². The van der Waals surface area contributed by atoms with E-state index in [-0.39, 0.29) is 11.9 Å². The number of rotatable bonds is 5. The van der Waals surface area contributed by atoms with Gasteiger partial charge in [-0.1, -0.05) is 37.6 Å². The zero-order valence-corrected chi connectivity index (χ0v) is 18.0. The first-order chi connectivity index (χ1) is 14.5. The topological polar surface area (TPSA) is 67.6 Å². The average molecular weight is 428 g/mol. The van der Waals surface area contributed by atoms with Crippen LogP contribution in [0, 0.1) is 5.92 Å². The number of oxazole rings is 1. The lowest BCUT2D eigenvalue weighted by Gasteiger charge is -2.30. The van der Waals surface area contributed by atoms with Gasteiger partial charge in [0.15, 0.2) is 11.5 Å². The van der Waals surface area contributed by atoms with Crippen LogP contribution >= 0.6 is 11.6 Å². The number of anilines is 1. The molecule has 0 saturated carbocycles. The zero-order chi connectivity index (χ0) is 21.1. The molecule has 1 aromatic heterocycles. The molecule has 0 spiro atoms. The summed E-state index contributed by atoms with van der Waals surface area (Å²) >= 11 is 6.04. The number of aromatic nitrogens is 1. The maximum atomic E-state index is 12.8. The number of nitrogens with zero attached hydrogens (tertiary/aromatic N) is 2. The van der Waals surface area contributed by atoms with E-state index in [1.807, 2.05) is 41.3 Å². The quantitative estimate of drug-likeness (QED) is 0.548. The molecule has 4 rings (SSSR count). The number of hydrogen-bond acceptors (Lipinski definition) is 4. The van der Waals surface area contributed by atoms with Gasteiger partial charge in [0.1, 0.15) is 11.3 Å². The number of benzene rings is 2. The molecule has 0 unspecified atom stereocenters. The van der Waals surface area contributed by atoms with Crippen LogP contribution in [0.5, 0.6) is 5.75 Å². The number of fused-ring (bicyclic) bond motifs is 1. The summed E-state index contributed by atoms with van der Waals surface area (Å²) in [4.78, 5) is 19.2. The van der Waals surface area contributed by atoms with Gasteiger partial charge < -0.3 is 19.4 Å². The van der Waals surface area contributed by atoms with Crippen molar-refractivity contribution in [3.8, 4) is 5.75 Å². The van der Waals surface area contributed by atoms with Crippen molar-refractivity contribution in [2.75, 3.05) is 25.0 Å². The largest absolute Gasteiger partial charge is 0.491 e. The Morgan fingerprint density at radius 1 is 1.27 bits per heavy atom. The van der Waals surface area contributed by atoms with Crippen molar-refractivity contribution >= 4 is 34.4 Å². The molecular weight excluding hydrogens is 402 g/mol. The second-order valence-corrected chi connectivity index (χ2v) is 8.49. The summed E-state index contributed by atoms with van der Waals surface area (Å²) in [6.45, 7) is 6.08. The number of carbonyl (C=O) groups is 1. The lowest BCUT2D eigenvalue weighted by molar-refractivity contribution is 0.190. The Hall–Kier alpha value is -2.73. The Labute approximate surface area is 181 Å². The van der Waals surface area contributed by atoms with E-state index in [1.54, 1.807) is 6.07 Å². The van der Waals surface area contributed by atoms with E-state index in [4.69, 9.17) is 20.8 Å². The fourth-order valence-electron chi connectivity index (χ4n) is 3.57. The molecule has 30 heavy (non-hydrogen) atoms. The van der Waals surface area contributed by atoms with E-state index in [9.17, 15) is 4.79 Å². The van der Waals surface area contributed by atoms with Gasteiger partial charge >= 0.3 is 6.03 Å². The molecule has 6 nitrogen and oxygen atoms in total. The van der Waals surface area contributed by atoms with Crippen LogP contribution in [-0.2, 0) is 0 Å². The van der Waals surface area contributed by atoms with Gasteiger partial charge in [0.05, 0.1) is 12.3 Å². The van der Waals surface area contributed by atoms with Gasteiger partial charge in [-0.05, 0) is 49.1 Å². The van der Waals surface area contributed by atoms with Gasteiger partial charge in [0.2, 0.25) is 0 Å². The van der Waals surface area contributed by atoms with Crippen LogP contribution in [0.25, 0.3) is 11.1 Å². The second-order valence-electron chi connectivity index (χ2n) is 8.06. The summed E-state index contributed by atoms with van der Waals surface area (Å²) in [6, 6.07) is 12.9. The average Bonchev–Trinajstić information content (AvgIpc) is 3.16. The highest BCUT2D eigenvalue weighted by atomic mass is 35.5. The van der Waals surface area contributed by atoms with E-state index < -0.39 is 0 Å². The molecule has 1 saturated heterocycles. The predicted octanol–water partition coefficient (Wildman–Crippen LogP) is 5.93. The molecule has 1 aliphatic rings. The van der Waals surface area contributed by atoms with Gasteiger partial charge in [-0.3, -0.25) is 0 Å². The van der Waals surface area contributed by atoms with Crippen LogP contribution < -0.4 is 10.1 Å². The van der Waals surface area contributed by atoms with Crippen molar-refractivity contribution in [2.45, 2.75) is 32.6 Å². The number of likely N-dealkylation sites (tertiary alicyclic amines) is 1. The lowest BCUT2D eigenvalue weighted by Crippen LogP contribution is -2.40. The lowest BCUT2D eigenvalue weighted by atomic mass is 9.97. The number of hydrogen-bond donors (Lipinski definition) is 1. The van der Waals surface area contributed by atoms with Crippen LogP contribution in [0.1, 0.15) is 38.5 Å². The standard InChI is InChI=1S/C23H26ClN3O3/c1-15(2)14-29-20-6-4-3-5-18(20)26-23(28)27-11-9-16(10-12-27)22-25-19-13-17(24)7-8-21(19)30-22/h3-8,13,15-16H,9-12,14H2,1-2H3,(H,26,28). The molecular formula is C23H26ClN3O3. The smallest absolute Gasteiger partial charge is 0.321 e. The van der Waals surface area contributed by atoms with Crippen molar-refractivity contribution in [1.29, 1.82) is 0 Å². The van der Waals surface area contributed by atoms with Gasteiger partial charge in [0, 0.05) is 24.0 Å². The number of halogens is 1. The molecule has 2 amide bonds. The van der Waals surface area contributed by atoms with Crippen LogP contribution in [0.2, 0.25) is 5.02 Å². The monoisotopic (exact) mass is 427 g/mol. The Bertz CT molecular complexity index is 1030. The van der Waals surface area contributed by atoms with Gasteiger partial charge in [-0.15, -0.1) is 0 Å². The normalized spacial score (nSPS) is 15.0. The minimum atomic E-state index is -0.113. The number of nitrogens with one attached hydrogen (secondary N) is 1. The third-order valence-corrected chi connectivity index (χ3v) is 5.43. The van der Waals surface area contributed by atoms with Gasteiger partial charge in [-0.25, -0.2) is 9.78 Å². The number of carbonyl (C=O) groups excluding carboxylic acids is 1. The molecule has 2 aromatic carbocycles. The second kappa shape index (κ2) is 8.96. The Morgan fingerprint density at radius 2 is 2.03 bits per heavy atom. The molecule has 0 atom stereocenters. The molecule has 3 aromatic rings. The molecule has 1 fully saturated rings. The van der Waals surface area contributed by atoms with Crippen LogP contribution in [0.15, 0.2) is 46.9 Å². The highest BCUT2D eigenvalue weighted by Crippen LogP contribution is 2.31. The fraction of sp³-hybridized carbons (Fsp3) is 0.391. The van der Waals surface area contributed by atoms with Crippen molar-refractivity contribution in [3.05, 3.63) is 53.4 Å². The minimum Gasteiger partial charge on any atom is -0.491 e. The SMILES string of the molecule is CC(C)COc1ccccc1NC(=O)N1CCC(c2nc3cc(Cl)ccc3o2)CC1. The summed E-state index contributed by atoms with van der Waals surface area (Å²) in [6.07, 6.45) is 1.61. The van der Waals surface area contributed by atoms with Crippen LogP contribution in [0.4, 0.5) is 10.5 Å². The summed E-state index contributed by atoms with van der Waals surface area (Å²) in [5.74, 6) is 2.02. The van der Waals surface area contributed by atoms with Gasteiger partial charge in [-0.2, -0.15) is 0 Å². The van der Waals surface area contributed by atoms with Crippen molar-refractivity contribution in [2.24, 2.45) is 5.92 Å². The maximum Gasteiger partial charge on any atom is 0.321 e. The van der Waals surface area contributed by atoms with Crippen molar-refractivity contribution in [1.82, 2.24) is 9.88 Å². The fourth-order valence-corrected chi connectivity index (χ4v) is 3.74. The molecule has 7 heteroatoms. The third-order valence-electron chi connectivity index (χ3n) is 5.20. The van der Waals surface area contributed by atoms with Crippen LogP contribution in [0.3, 0.4) is 0 Å². The predicted molar refractivity (Wildman–Crippen MR) is 118 cm³/mol. The molecule has 158 valence electrons. The molecule has 0 radical (unpaired) electrons. The summed E-state index contributed by atoms with van der Waals surface area (Å²) in [5.41, 5.74) is 2.21. The highest BCUT2D eigenvalue weighted by Gasteiger charge is 2.27. The van der Waals surface area contributed by atoms with E-state index >= 15 is 0 Å². The molecule has 1 N–H and O–H groups in total. The van der Waals surface area contributed by atoms with E-state index in [0.29, 0.717) is 42.1 Å². The molecule has 0 aliphatic carbocycles. The number of para-hydroxylation sites is 2. The first-order valence-electron chi connectivity index (χ1n) is 10.3. The minimum absolute atomic E-state index is 0.113. The highest BCUT2D eigenvalue weighted by molar-refractivity contribution is 6.31. The number of urea groups is 1. The van der Waals surface area contributed by atoms with Crippen molar-refractivity contribution < 1.29 is 13.9 Å². The number of piperidine rings is 1. The summed E-state index contributed by atoms with van der Waals surface area (Å²) < 4.78 is 11.7. The summed E-state index contributed by atoms with van der Waals surface area (Å²) in [7, 11) is 0. The Kier molecular flexibility index (Phi) is 6.13. The third kappa shape index (κ3) is 4.70. The molecule has 0 bridgehead atoms. The summed E-state index contributed by atoms with van der Waals surface area (Å²) in [5, 5.41) is 3.64. The zero-order valence-electron chi connectivity index (χ0n) is 17.2. The maximum absolute atomic E-state index is 12.8. The Morgan fingerprint density at radius 3 is 2.80 bits per heavy atom. The van der Waals surface area contributed by atoms with Crippen LogP contribution in [-0.4, -0.2) is 35.6 Å². The van der Waals surface area contributed by atoms with Gasteiger partial charge in [0.25, 0.3) is 0 Å². The van der Waals surface area contributed by atoms with E-state index in [2.05, 4.69) is 24.1 Å². The Balaban J connectivity index is 1.36. The van der Waals surface area contributed by atoms with E-state index in [1.165, 1.54) is 0 Å². The first-order valence-corrected chi connectivity index (χ1v) is 10.7. The molecule has 2 heterocycles. The number of amides is 2. The van der Waals surface area contributed by atoms with E-state index in [0.717, 1.165) is 29.8 Å². The number of ether oxygens (including phenoxy) is 1. The molecule has 1 aliphatic heterocycles.